The molecule has 29 heavy (non-hydrogen) atoms. The molecule has 2 N–H and O–H groups in total. The van der Waals surface area contributed by atoms with E-state index in [0.717, 1.165) is 61.9 Å². The van der Waals surface area contributed by atoms with E-state index in [-0.39, 0.29) is 11.7 Å². The Morgan fingerprint density at radius 3 is 2.90 bits per heavy atom. The van der Waals surface area contributed by atoms with Gasteiger partial charge in [0.15, 0.2) is 0 Å². The van der Waals surface area contributed by atoms with Gasteiger partial charge in [0.25, 0.3) is 0 Å². The lowest BCUT2D eigenvalue weighted by molar-refractivity contribution is -0.115. The number of nitrogens with one attached hydrogen (secondary N) is 2. The van der Waals surface area contributed by atoms with Crippen molar-refractivity contribution in [2.45, 2.75) is 12.8 Å². The van der Waals surface area contributed by atoms with Gasteiger partial charge in [-0.1, -0.05) is 6.07 Å². The molecule has 0 spiro atoms. The molecule has 0 bridgehead atoms. The van der Waals surface area contributed by atoms with Gasteiger partial charge in [-0.05, 0) is 48.4 Å². The SMILES string of the molecule is Cc1cc(N=CC2C(=O)Nc3cc(F)ccc32)ccc1NCCN1CCOCC1. The Morgan fingerprint density at radius 1 is 1.28 bits per heavy atom. The minimum atomic E-state index is -0.503. The molecule has 1 unspecified atom stereocenters. The van der Waals surface area contributed by atoms with Crippen molar-refractivity contribution in [1.82, 2.24) is 4.90 Å². The van der Waals surface area contributed by atoms with E-state index in [9.17, 15) is 9.18 Å². The number of aliphatic imine (C=N–C) groups is 1. The Hall–Kier alpha value is -2.77. The topological polar surface area (TPSA) is 66.0 Å². The molecule has 0 aliphatic carbocycles. The molecule has 152 valence electrons. The molecule has 6 nitrogen and oxygen atoms in total. The molecule has 1 saturated heterocycles. The molecule has 1 atom stereocenters. The summed E-state index contributed by atoms with van der Waals surface area (Å²) in [7, 11) is 0. The summed E-state index contributed by atoms with van der Waals surface area (Å²) in [6.45, 7) is 7.49. The van der Waals surface area contributed by atoms with Crippen LogP contribution < -0.4 is 10.6 Å². The number of ether oxygens (including phenoxy) is 1. The van der Waals surface area contributed by atoms with Crippen molar-refractivity contribution in [2.75, 3.05) is 50.0 Å². The Balaban J connectivity index is 1.37. The van der Waals surface area contributed by atoms with Crippen molar-refractivity contribution >= 4 is 29.2 Å². The van der Waals surface area contributed by atoms with E-state index < -0.39 is 5.92 Å². The first-order valence-corrected chi connectivity index (χ1v) is 9.89. The molecule has 1 amide bonds. The van der Waals surface area contributed by atoms with E-state index in [2.05, 4.69) is 20.5 Å². The number of halogens is 1. The number of morpholine rings is 1. The smallest absolute Gasteiger partial charge is 0.237 e. The molecule has 1 fully saturated rings. The van der Waals surface area contributed by atoms with Gasteiger partial charge in [0.05, 0.1) is 18.9 Å². The van der Waals surface area contributed by atoms with E-state index in [1.165, 1.54) is 12.1 Å². The van der Waals surface area contributed by atoms with E-state index in [1.54, 1.807) is 12.3 Å². The van der Waals surface area contributed by atoms with Crippen molar-refractivity contribution in [1.29, 1.82) is 0 Å². The van der Waals surface area contributed by atoms with Crippen LogP contribution >= 0.6 is 0 Å². The molecule has 4 rings (SSSR count). The Kier molecular flexibility index (Phi) is 5.87. The van der Waals surface area contributed by atoms with Crippen LogP contribution in [0.3, 0.4) is 0 Å². The fraction of sp³-hybridized carbons (Fsp3) is 0.364. The number of benzene rings is 2. The van der Waals surface area contributed by atoms with Gasteiger partial charge in [0.2, 0.25) is 5.91 Å². The number of nitrogens with zero attached hydrogens (tertiary/aromatic N) is 2. The Bertz CT molecular complexity index is 925. The van der Waals surface area contributed by atoms with Gasteiger partial charge in [0, 0.05) is 43.8 Å². The van der Waals surface area contributed by atoms with Gasteiger partial charge >= 0.3 is 0 Å². The predicted molar refractivity (Wildman–Crippen MR) is 113 cm³/mol. The molecular weight excluding hydrogens is 371 g/mol. The van der Waals surface area contributed by atoms with Crippen LogP contribution in [0.5, 0.6) is 0 Å². The van der Waals surface area contributed by atoms with Gasteiger partial charge < -0.3 is 15.4 Å². The number of hydrogen-bond acceptors (Lipinski definition) is 5. The highest BCUT2D eigenvalue weighted by molar-refractivity contribution is 6.12. The maximum absolute atomic E-state index is 13.3. The average Bonchev–Trinajstić information content (AvgIpc) is 3.02. The summed E-state index contributed by atoms with van der Waals surface area (Å²) >= 11 is 0. The first-order valence-electron chi connectivity index (χ1n) is 9.89. The predicted octanol–water partition coefficient (Wildman–Crippen LogP) is 3.32. The summed E-state index contributed by atoms with van der Waals surface area (Å²) < 4.78 is 18.7. The third kappa shape index (κ3) is 4.63. The number of amides is 1. The highest BCUT2D eigenvalue weighted by Gasteiger charge is 2.29. The molecule has 2 aromatic rings. The number of rotatable bonds is 6. The standard InChI is InChI=1S/C22H25FN4O2/c1-15-12-17(3-5-20(15)24-6-7-27-8-10-29-11-9-27)25-14-19-18-4-2-16(23)13-21(18)26-22(19)28/h2-5,12-14,19,24H,6-11H2,1H3,(H,26,28). The molecule has 2 aromatic carbocycles. The second-order valence-electron chi connectivity index (χ2n) is 7.36. The van der Waals surface area contributed by atoms with Crippen LogP contribution in [0.25, 0.3) is 0 Å². The second-order valence-corrected chi connectivity index (χ2v) is 7.36. The fourth-order valence-electron chi connectivity index (χ4n) is 3.67. The van der Waals surface area contributed by atoms with Crippen LogP contribution in [0.4, 0.5) is 21.5 Å². The number of aryl methyl sites for hydroxylation is 1. The van der Waals surface area contributed by atoms with Crippen LogP contribution in [0, 0.1) is 12.7 Å². The summed E-state index contributed by atoms with van der Waals surface area (Å²) in [4.78, 5) is 19.1. The monoisotopic (exact) mass is 396 g/mol. The number of carbonyl (C=O) groups excluding carboxylic acids is 1. The highest BCUT2D eigenvalue weighted by atomic mass is 19.1. The van der Waals surface area contributed by atoms with E-state index in [1.807, 2.05) is 25.1 Å². The van der Waals surface area contributed by atoms with E-state index in [0.29, 0.717) is 5.69 Å². The summed E-state index contributed by atoms with van der Waals surface area (Å²) in [6, 6.07) is 10.3. The molecule has 7 heteroatoms. The van der Waals surface area contributed by atoms with E-state index >= 15 is 0 Å². The summed E-state index contributed by atoms with van der Waals surface area (Å²) in [5.74, 6) is -1.06. The zero-order valence-electron chi connectivity index (χ0n) is 16.5. The Morgan fingerprint density at radius 2 is 2.10 bits per heavy atom. The van der Waals surface area contributed by atoms with Gasteiger partial charge in [-0.25, -0.2) is 4.39 Å². The lowest BCUT2D eigenvalue weighted by Crippen LogP contribution is -2.39. The van der Waals surface area contributed by atoms with Crippen molar-refractivity contribution in [3.8, 4) is 0 Å². The highest BCUT2D eigenvalue weighted by Crippen LogP contribution is 2.32. The van der Waals surface area contributed by atoms with Gasteiger partial charge in [0.1, 0.15) is 11.7 Å². The minimum absolute atomic E-state index is 0.188. The third-order valence-corrected chi connectivity index (χ3v) is 5.32. The molecular formula is C22H25FN4O2. The molecule has 2 aliphatic heterocycles. The minimum Gasteiger partial charge on any atom is -0.384 e. The lowest BCUT2D eigenvalue weighted by atomic mass is 10.0. The second kappa shape index (κ2) is 8.71. The largest absolute Gasteiger partial charge is 0.384 e. The number of fused-ring (bicyclic) bond motifs is 1. The third-order valence-electron chi connectivity index (χ3n) is 5.32. The van der Waals surface area contributed by atoms with Crippen molar-refractivity contribution in [3.63, 3.8) is 0 Å². The summed E-state index contributed by atoms with van der Waals surface area (Å²) in [6.07, 6.45) is 1.62. The van der Waals surface area contributed by atoms with Crippen LogP contribution in [-0.2, 0) is 9.53 Å². The zero-order chi connectivity index (χ0) is 20.2. The lowest BCUT2D eigenvalue weighted by Gasteiger charge is -2.26. The van der Waals surface area contributed by atoms with Gasteiger partial charge in [-0.2, -0.15) is 0 Å². The molecule has 0 radical (unpaired) electrons. The Labute approximate surface area is 169 Å². The van der Waals surface area contributed by atoms with Crippen molar-refractivity contribution in [2.24, 2.45) is 4.99 Å². The molecule has 0 saturated carbocycles. The van der Waals surface area contributed by atoms with E-state index in [4.69, 9.17) is 4.74 Å². The maximum atomic E-state index is 13.3. The summed E-state index contributed by atoms with van der Waals surface area (Å²) in [5, 5.41) is 6.18. The molecule has 0 aromatic heterocycles. The van der Waals surface area contributed by atoms with Crippen LogP contribution in [0.2, 0.25) is 0 Å². The van der Waals surface area contributed by atoms with Crippen molar-refractivity contribution in [3.05, 3.63) is 53.3 Å². The average molecular weight is 396 g/mol. The number of anilines is 2. The van der Waals surface area contributed by atoms with Gasteiger partial charge in [-0.15, -0.1) is 0 Å². The first kappa shape index (κ1) is 19.5. The van der Waals surface area contributed by atoms with Crippen LogP contribution in [0.15, 0.2) is 41.4 Å². The maximum Gasteiger partial charge on any atom is 0.237 e. The normalized spacial score (nSPS) is 19.4. The zero-order valence-corrected chi connectivity index (χ0v) is 16.5. The number of carbonyl (C=O) groups is 1. The molecule has 2 heterocycles. The fourth-order valence-corrected chi connectivity index (χ4v) is 3.67. The number of hydrogen-bond donors (Lipinski definition) is 2. The first-order chi connectivity index (χ1) is 14.1. The molecule has 2 aliphatic rings. The van der Waals surface area contributed by atoms with Crippen LogP contribution in [-0.4, -0.2) is 56.4 Å². The van der Waals surface area contributed by atoms with Crippen LogP contribution in [0.1, 0.15) is 17.0 Å². The summed E-state index contributed by atoms with van der Waals surface area (Å²) in [5.41, 5.74) is 4.22. The quantitative estimate of drug-likeness (QED) is 0.736. The van der Waals surface area contributed by atoms with Gasteiger partial charge in [-0.3, -0.25) is 14.7 Å². The van der Waals surface area contributed by atoms with Crippen molar-refractivity contribution < 1.29 is 13.9 Å².